The van der Waals surface area contributed by atoms with E-state index in [0.717, 1.165) is 4.68 Å². The maximum absolute atomic E-state index is 12.4. The van der Waals surface area contributed by atoms with Crippen molar-refractivity contribution < 1.29 is 23.1 Å². The van der Waals surface area contributed by atoms with Gasteiger partial charge in [0.05, 0.1) is 6.61 Å². The molecule has 128 valence electrons. The van der Waals surface area contributed by atoms with Crippen molar-refractivity contribution >= 4 is 11.8 Å². The van der Waals surface area contributed by atoms with Crippen molar-refractivity contribution in [3.8, 4) is 0 Å². The third kappa shape index (κ3) is 4.72. The highest BCUT2D eigenvalue weighted by molar-refractivity contribution is 5.95. The third-order valence-electron chi connectivity index (χ3n) is 3.57. The number of ether oxygens (including phenoxy) is 1. The molecule has 0 aromatic carbocycles. The molecule has 2 amide bonds. The van der Waals surface area contributed by atoms with Gasteiger partial charge < -0.3 is 14.5 Å². The molecule has 2 rings (SSSR count). The van der Waals surface area contributed by atoms with Gasteiger partial charge in [0.15, 0.2) is 0 Å². The maximum Gasteiger partial charge on any atom is 0.274 e. The van der Waals surface area contributed by atoms with Gasteiger partial charge in [-0.1, -0.05) is 0 Å². The summed E-state index contributed by atoms with van der Waals surface area (Å²) >= 11 is 0. The Morgan fingerprint density at radius 1 is 1.43 bits per heavy atom. The number of aromatic nitrogens is 2. The van der Waals surface area contributed by atoms with Crippen LogP contribution in [0.4, 0.5) is 8.78 Å². The summed E-state index contributed by atoms with van der Waals surface area (Å²) in [7, 11) is 1.56. The highest BCUT2D eigenvalue weighted by atomic mass is 19.3. The molecule has 0 saturated carbocycles. The number of methoxy groups -OCH3 is 1. The Balaban J connectivity index is 1.99. The van der Waals surface area contributed by atoms with Gasteiger partial charge in [-0.05, 0) is 12.5 Å². The summed E-state index contributed by atoms with van der Waals surface area (Å²) in [5.41, 5.74) is 0.0730. The van der Waals surface area contributed by atoms with Crippen LogP contribution in [0, 0.1) is 0 Å². The molecule has 1 saturated heterocycles. The molecule has 0 unspecified atom stereocenters. The first kappa shape index (κ1) is 17.3. The summed E-state index contributed by atoms with van der Waals surface area (Å²) < 4.78 is 30.6. The van der Waals surface area contributed by atoms with Crippen LogP contribution in [0.15, 0.2) is 12.3 Å². The first-order chi connectivity index (χ1) is 11.0. The predicted molar refractivity (Wildman–Crippen MR) is 77.2 cm³/mol. The van der Waals surface area contributed by atoms with Crippen LogP contribution < -0.4 is 0 Å². The molecule has 0 spiro atoms. The Morgan fingerprint density at radius 3 is 2.91 bits per heavy atom. The monoisotopic (exact) mass is 330 g/mol. The minimum absolute atomic E-state index is 0.0374. The zero-order valence-electron chi connectivity index (χ0n) is 13.0. The molecule has 0 radical (unpaired) electrons. The van der Waals surface area contributed by atoms with Gasteiger partial charge in [-0.25, -0.2) is 8.78 Å². The molecule has 1 aliphatic heterocycles. The van der Waals surface area contributed by atoms with E-state index in [-0.39, 0.29) is 18.1 Å². The first-order valence-corrected chi connectivity index (χ1v) is 7.39. The van der Waals surface area contributed by atoms with E-state index in [0.29, 0.717) is 32.7 Å². The topological polar surface area (TPSA) is 67.7 Å². The predicted octanol–water partition coefficient (Wildman–Crippen LogP) is 0.469. The van der Waals surface area contributed by atoms with Crippen LogP contribution in [0.25, 0.3) is 0 Å². The minimum atomic E-state index is -2.54. The Kier molecular flexibility index (Phi) is 6.03. The number of halogens is 2. The van der Waals surface area contributed by atoms with Gasteiger partial charge in [0.2, 0.25) is 5.91 Å². The average Bonchev–Trinajstić information content (AvgIpc) is 2.87. The van der Waals surface area contributed by atoms with Crippen LogP contribution in [0.1, 0.15) is 16.9 Å². The van der Waals surface area contributed by atoms with E-state index in [4.69, 9.17) is 4.74 Å². The summed E-state index contributed by atoms with van der Waals surface area (Å²) in [6, 6.07) is 1.39. The Labute approximate surface area is 132 Å². The molecule has 0 aliphatic carbocycles. The quantitative estimate of drug-likeness (QED) is 0.760. The fraction of sp³-hybridized carbons (Fsp3) is 0.643. The highest BCUT2D eigenvalue weighted by Gasteiger charge is 2.26. The third-order valence-corrected chi connectivity index (χ3v) is 3.57. The van der Waals surface area contributed by atoms with Crippen LogP contribution >= 0.6 is 0 Å². The molecule has 1 aliphatic rings. The zero-order chi connectivity index (χ0) is 16.8. The summed E-state index contributed by atoms with van der Waals surface area (Å²) in [5.74, 6) is -0.570. The molecule has 23 heavy (non-hydrogen) atoms. The Bertz CT molecular complexity index is 550. The smallest absolute Gasteiger partial charge is 0.274 e. The van der Waals surface area contributed by atoms with Crippen molar-refractivity contribution in [1.82, 2.24) is 19.6 Å². The van der Waals surface area contributed by atoms with Crippen molar-refractivity contribution in [2.75, 3.05) is 39.9 Å². The van der Waals surface area contributed by atoms with E-state index in [1.807, 2.05) is 0 Å². The number of nitrogens with zero attached hydrogens (tertiary/aromatic N) is 4. The second-order valence-corrected chi connectivity index (χ2v) is 5.27. The van der Waals surface area contributed by atoms with Gasteiger partial charge in [0, 0.05) is 32.9 Å². The molecule has 1 aromatic rings. The van der Waals surface area contributed by atoms with E-state index in [2.05, 4.69) is 5.10 Å². The first-order valence-electron chi connectivity index (χ1n) is 7.39. The molecule has 0 N–H and O–H groups in total. The lowest BCUT2D eigenvalue weighted by molar-refractivity contribution is -0.131. The van der Waals surface area contributed by atoms with Crippen molar-refractivity contribution in [2.24, 2.45) is 0 Å². The number of hydrogen-bond acceptors (Lipinski definition) is 4. The molecule has 0 atom stereocenters. The molecule has 0 bridgehead atoms. The van der Waals surface area contributed by atoms with Crippen molar-refractivity contribution in [3.05, 3.63) is 18.0 Å². The molecule has 7 nitrogen and oxygen atoms in total. The normalized spacial score (nSPS) is 16.1. The van der Waals surface area contributed by atoms with Crippen LogP contribution in [0.2, 0.25) is 0 Å². The number of rotatable bonds is 6. The standard InChI is InChI=1S/C14H20F2N4O3/c1-23-8-7-18-4-2-5-19(10-13(18)21)14(22)11-3-6-20(17-11)9-12(15)16/h3,6,12H,2,4-5,7-10H2,1H3. The van der Waals surface area contributed by atoms with Gasteiger partial charge in [0.1, 0.15) is 18.8 Å². The number of hydrogen-bond donors (Lipinski definition) is 0. The summed E-state index contributed by atoms with van der Waals surface area (Å²) in [5, 5.41) is 3.85. The molecule has 9 heteroatoms. The van der Waals surface area contributed by atoms with Crippen LogP contribution in [0.3, 0.4) is 0 Å². The lowest BCUT2D eigenvalue weighted by Gasteiger charge is -2.21. The zero-order valence-corrected chi connectivity index (χ0v) is 13.0. The molecule has 1 fully saturated rings. The molecule has 2 heterocycles. The highest BCUT2D eigenvalue weighted by Crippen LogP contribution is 2.09. The summed E-state index contributed by atoms with van der Waals surface area (Å²) in [6.45, 7) is 1.32. The number of carbonyl (C=O) groups excluding carboxylic acids is 2. The number of amides is 2. The minimum Gasteiger partial charge on any atom is -0.383 e. The van der Waals surface area contributed by atoms with E-state index in [9.17, 15) is 18.4 Å². The fourth-order valence-corrected chi connectivity index (χ4v) is 2.41. The van der Waals surface area contributed by atoms with Crippen molar-refractivity contribution in [2.45, 2.75) is 19.4 Å². The second-order valence-electron chi connectivity index (χ2n) is 5.27. The van der Waals surface area contributed by atoms with Gasteiger partial charge >= 0.3 is 0 Å². The van der Waals surface area contributed by atoms with Gasteiger partial charge in [0.25, 0.3) is 12.3 Å². The van der Waals surface area contributed by atoms with E-state index in [1.54, 1.807) is 12.0 Å². The summed E-state index contributed by atoms with van der Waals surface area (Å²) in [4.78, 5) is 27.6. The van der Waals surface area contributed by atoms with Gasteiger partial charge in [-0.15, -0.1) is 0 Å². The van der Waals surface area contributed by atoms with E-state index >= 15 is 0 Å². The van der Waals surface area contributed by atoms with Crippen LogP contribution in [-0.2, 0) is 16.1 Å². The lowest BCUT2D eigenvalue weighted by Crippen LogP contribution is -2.40. The fourth-order valence-electron chi connectivity index (χ4n) is 2.41. The molecular formula is C14H20F2N4O3. The largest absolute Gasteiger partial charge is 0.383 e. The second kappa shape index (κ2) is 8.00. The van der Waals surface area contributed by atoms with E-state index in [1.165, 1.54) is 17.2 Å². The van der Waals surface area contributed by atoms with Crippen LogP contribution in [-0.4, -0.2) is 77.7 Å². The van der Waals surface area contributed by atoms with Gasteiger partial charge in [-0.2, -0.15) is 5.10 Å². The average molecular weight is 330 g/mol. The number of alkyl halides is 2. The lowest BCUT2D eigenvalue weighted by atomic mass is 10.3. The Morgan fingerprint density at radius 2 is 2.22 bits per heavy atom. The Hall–Kier alpha value is -2.03. The number of carbonyl (C=O) groups is 2. The van der Waals surface area contributed by atoms with Crippen LogP contribution in [0.5, 0.6) is 0 Å². The van der Waals surface area contributed by atoms with Gasteiger partial charge in [-0.3, -0.25) is 14.3 Å². The van der Waals surface area contributed by atoms with E-state index < -0.39 is 18.9 Å². The SMILES string of the molecule is COCCN1CCCN(C(=O)c2ccn(CC(F)F)n2)CC1=O. The summed E-state index contributed by atoms with van der Waals surface area (Å²) in [6.07, 6.45) is -0.546. The van der Waals surface area contributed by atoms with Crippen molar-refractivity contribution in [1.29, 1.82) is 0 Å². The van der Waals surface area contributed by atoms with Crippen molar-refractivity contribution in [3.63, 3.8) is 0 Å². The molecular weight excluding hydrogens is 310 g/mol. The molecule has 1 aromatic heterocycles. The maximum atomic E-state index is 12.4.